The van der Waals surface area contributed by atoms with Crippen molar-refractivity contribution in [3.8, 4) is 0 Å². The number of hydrogen-bond donors (Lipinski definition) is 1. The lowest BCUT2D eigenvalue weighted by Gasteiger charge is -2.11. The summed E-state index contributed by atoms with van der Waals surface area (Å²) in [6.07, 6.45) is 0.892. The molecule has 0 bridgehead atoms. The molecule has 0 saturated heterocycles. The molecule has 12 heavy (non-hydrogen) atoms. The van der Waals surface area contributed by atoms with Crippen LogP contribution in [-0.4, -0.2) is 13.3 Å². The van der Waals surface area contributed by atoms with Crippen LogP contribution in [0, 0.1) is 0 Å². The first kappa shape index (κ1) is 8.94. The third-order valence-corrected chi connectivity index (χ3v) is 2.02. The van der Waals surface area contributed by atoms with E-state index < -0.39 is 0 Å². The van der Waals surface area contributed by atoms with Crippen molar-refractivity contribution < 1.29 is 4.79 Å². The Morgan fingerprint density at radius 1 is 1.42 bits per heavy atom. The van der Waals surface area contributed by atoms with E-state index in [0.717, 1.165) is 17.4 Å². The number of aldehydes is 1. The fourth-order valence-corrected chi connectivity index (χ4v) is 1.17. The van der Waals surface area contributed by atoms with E-state index in [2.05, 4.69) is 5.32 Å². The van der Waals surface area contributed by atoms with Crippen LogP contribution >= 0.6 is 0 Å². The Kier molecular flexibility index (Phi) is 3.00. The number of hydrogen-bond acceptors (Lipinski definition) is 2. The lowest BCUT2D eigenvalue weighted by Crippen LogP contribution is -2.13. The standard InChI is InChI=1S/C10H13NO/c1-8(11-2)10-6-4-3-5-9(10)7-12/h3-8,11H,1-2H3. The molecule has 1 N–H and O–H groups in total. The molecule has 0 heterocycles. The van der Waals surface area contributed by atoms with E-state index in [4.69, 9.17) is 0 Å². The second-order valence-corrected chi connectivity index (χ2v) is 2.76. The average molecular weight is 163 g/mol. The van der Waals surface area contributed by atoms with Crippen molar-refractivity contribution in [2.45, 2.75) is 13.0 Å². The van der Waals surface area contributed by atoms with Crippen LogP contribution in [0.25, 0.3) is 0 Å². The number of nitrogens with one attached hydrogen (secondary N) is 1. The molecule has 1 rings (SSSR count). The molecule has 2 nitrogen and oxygen atoms in total. The summed E-state index contributed by atoms with van der Waals surface area (Å²) in [4.78, 5) is 10.6. The maximum absolute atomic E-state index is 10.6. The molecule has 0 spiro atoms. The predicted molar refractivity (Wildman–Crippen MR) is 49.3 cm³/mol. The second-order valence-electron chi connectivity index (χ2n) is 2.76. The van der Waals surface area contributed by atoms with E-state index in [-0.39, 0.29) is 6.04 Å². The van der Waals surface area contributed by atoms with Gasteiger partial charge in [-0.15, -0.1) is 0 Å². The highest BCUT2D eigenvalue weighted by atomic mass is 16.1. The molecule has 1 aromatic carbocycles. The van der Waals surface area contributed by atoms with Crippen LogP contribution in [0.15, 0.2) is 24.3 Å². The van der Waals surface area contributed by atoms with Crippen LogP contribution in [-0.2, 0) is 0 Å². The maximum Gasteiger partial charge on any atom is 0.150 e. The van der Waals surface area contributed by atoms with Gasteiger partial charge in [-0.1, -0.05) is 24.3 Å². The van der Waals surface area contributed by atoms with Crippen molar-refractivity contribution in [3.63, 3.8) is 0 Å². The Bertz CT molecular complexity index is 270. The first-order valence-corrected chi connectivity index (χ1v) is 4.01. The van der Waals surface area contributed by atoms with Gasteiger partial charge in [-0.25, -0.2) is 0 Å². The number of benzene rings is 1. The Balaban J connectivity index is 3.04. The summed E-state index contributed by atoms with van der Waals surface area (Å²) in [5.74, 6) is 0. The van der Waals surface area contributed by atoms with Crippen LogP contribution in [0.3, 0.4) is 0 Å². The fraction of sp³-hybridized carbons (Fsp3) is 0.300. The monoisotopic (exact) mass is 163 g/mol. The molecule has 1 aromatic rings. The van der Waals surface area contributed by atoms with Gasteiger partial charge < -0.3 is 5.32 Å². The topological polar surface area (TPSA) is 29.1 Å². The SMILES string of the molecule is CNC(C)c1ccccc1C=O. The second kappa shape index (κ2) is 4.02. The average Bonchev–Trinajstić information content (AvgIpc) is 2.16. The van der Waals surface area contributed by atoms with E-state index in [1.165, 1.54) is 0 Å². The molecule has 1 unspecified atom stereocenters. The molecule has 0 saturated carbocycles. The number of rotatable bonds is 3. The van der Waals surface area contributed by atoms with Gasteiger partial charge in [-0.2, -0.15) is 0 Å². The van der Waals surface area contributed by atoms with Gasteiger partial charge >= 0.3 is 0 Å². The molecule has 0 aliphatic rings. The van der Waals surface area contributed by atoms with Crippen LogP contribution in [0.5, 0.6) is 0 Å². The van der Waals surface area contributed by atoms with Gasteiger partial charge in [-0.05, 0) is 19.5 Å². The summed E-state index contributed by atoms with van der Waals surface area (Å²) >= 11 is 0. The lowest BCUT2D eigenvalue weighted by atomic mass is 10.0. The smallest absolute Gasteiger partial charge is 0.150 e. The van der Waals surface area contributed by atoms with Crippen LogP contribution in [0.1, 0.15) is 28.9 Å². The third kappa shape index (κ3) is 1.71. The van der Waals surface area contributed by atoms with Crippen molar-refractivity contribution in [1.29, 1.82) is 0 Å². The largest absolute Gasteiger partial charge is 0.313 e. The summed E-state index contributed by atoms with van der Waals surface area (Å²) in [7, 11) is 1.88. The fourth-order valence-electron chi connectivity index (χ4n) is 1.17. The van der Waals surface area contributed by atoms with E-state index in [1.807, 2.05) is 38.2 Å². The quantitative estimate of drug-likeness (QED) is 0.688. The van der Waals surface area contributed by atoms with Gasteiger partial charge in [0.2, 0.25) is 0 Å². The Morgan fingerprint density at radius 2 is 2.08 bits per heavy atom. The summed E-state index contributed by atoms with van der Waals surface area (Å²) in [5, 5.41) is 3.10. The van der Waals surface area contributed by atoms with Crippen LogP contribution in [0.2, 0.25) is 0 Å². The molecular formula is C10H13NO. The Hall–Kier alpha value is -1.15. The van der Waals surface area contributed by atoms with Gasteiger partial charge in [0.1, 0.15) is 6.29 Å². The summed E-state index contributed by atoms with van der Waals surface area (Å²) in [5.41, 5.74) is 1.81. The van der Waals surface area contributed by atoms with Gasteiger partial charge in [0.05, 0.1) is 0 Å². The van der Waals surface area contributed by atoms with E-state index in [0.29, 0.717) is 0 Å². The molecule has 0 fully saturated rings. The first-order valence-electron chi connectivity index (χ1n) is 4.01. The van der Waals surface area contributed by atoms with Gasteiger partial charge in [0.25, 0.3) is 0 Å². The number of carbonyl (C=O) groups excluding carboxylic acids is 1. The highest BCUT2D eigenvalue weighted by Crippen LogP contribution is 2.14. The minimum Gasteiger partial charge on any atom is -0.313 e. The summed E-state index contributed by atoms with van der Waals surface area (Å²) in [6.45, 7) is 2.03. The van der Waals surface area contributed by atoms with Gasteiger partial charge in [0.15, 0.2) is 0 Å². The number of carbonyl (C=O) groups is 1. The third-order valence-electron chi connectivity index (χ3n) is 2.02. The first-order chi connectivity index (χ1) is 5.79. The minimum absolute atomic E-state index is 0.228. The van der Waals surface area contributed by atoms with Gasteiger partial charge in [0, 0.05) is 11.6 Å². The van der Waals surface area contributed by atoms with E-state index in [1.54, 1.807) is 0 Å². The molecule has 0 aliphatic heterocycles. The minimum atomic E-state index is 0.228. The molecular weight excluding hydrogens is 150 g/mol. The molecule has 0 aromatic heterocycles. The summed E-state index contributed by atoms with van der Waals surface area (Å²) in [6, 6.07) is 7.83. The zero-order chi connectivity index (χ0) is 8.97. The highest BCUT2D eigenvalue weighted by molar-refractivity contribution is 5.77. The zero-order valence-electron chi connectivity index (χ0n) is 7.37. The van der Waals surface area contributed by atoms with Crippen LogP contribution in [0.4, 0.5) is 0 Å². The Labute approximate surface area is 72.6 Å². The molecule has 0 amide bonds. The molecule has 0 radical (unpaired) electrons. The van der Waals surface area contributed by atoms with Crippen molar-refractivity contribution >= 4 is 6.29 Å². The molecule has 64 valence electrons. The van der Waals surface area contributed by atoms with Crippen molar-refractivity contribution in [3.05, 3.63) is 35.4 Å². The summed E-state index contributed by atoms with van der Waals surface area (Å²) < 4.78 is 0. The molecule has 0 aliphatic carbocycles. The van der Waals surface area contributed by atoms with Gasteiger partial charge in [-0.3, -0.25) is 4.79 Å². The lowest BCUT2D eigenvalue weighted by molar-refractivity contribution is 0.112. The normalized spacial score (nSPS) is 12.5. The maximum atomic E-state index is 10.6. The van der Waals surface area contributed by atoms with E-state index in [9.17, 15) is 4.79 Å². The Morgan fingerprint density at radius 3 is 2.67 bits per heavy atom. The van der Waals surface area contributed by atoms with Crippen LogP contribution < -0.4 is 5.32 Å². The van der Waals surface area contributed by atoms with Crippen molar-refractivity contribution in [2.24, 2.45) is 0 Å². The molecule has 1 atom stereocenters. The molecule has 2 heteroatoms. The van der Waals surface area contributed by atoms with Crippen molar-refractivity contribution in [2.75, 3.05) is 7.05 Å². The van der Waals surface area contributed by atoms with Crippen molar-refractivity contribution in [1.82, 2.24) is 5.32 Å². The zero-order valence-corrected chi connectivity index (χ0v) is 7.37. The van der Waals surface area contributed by atoms with E-state index >= 15 is 0 Å². The predicted octanol–water partition coefficient (Wildman–Crippen LogP) is 1.78. The highest BCUT2D eigenvalue weighted by Gasteiger charge is 2.05.